The molecule has 7 nitrogen and oxygen atoms in total. The molecule has 1 N–H and O–H groups in total. The van der Waals surface area contributed by atoms with Gasteiger partial charge in [-0.05, 0) is 30.2 Å². The minimum atomic E-state index is -0.727. The van der Waals surface area contributed by atoms with Crippen molar-refractivity contribution in [2.75, 3.05) is 32.2 Å². The Bertz CT molecular complexity index is 877. The highest BCUT2D eigenvalue weighted by atomic mass is 19.1. The third-order valence-electron chi connectivity index (χ3n) is 5.10. The van der Waals surface area contributed by atoms with E-state index >= 15 is 0 Å². The Morgan fingerprint density at radius 3 is 2.63 bits per heavy atom. The number of halogens is 1. The highest BCUT2D eigenvalue weighted by Crippen LogP contribution is 2.24. The van der Waals surface area contributed by atoms with Crippen molar-refractivity contribution in [2.24, 2.45) is 0 Å². The van der Waals surface area contributed by atoms with Crippen LogP contribution in [0.5, 0.6) is 0 Å². The first-order valence-electron chi connectivity index (χ1n) is 9.64. The molecule has 0 unspecified atom stereocenters. The zero-order chi connectivity index (χ0) is 21.5. The summed E-state index contributed by atoms with van der Waals surface area (Å²) in [6.45, 7) is 1.25. The quantitative estimate of drug-likeness (QED) is 0.729. The van der Waals surface area contributed by atoms with E-state index in [-0.39, 0.29) is 24.3 Å². The Morgan fingerprint density at radius 2 is 1.93 bits per heavy atom. The number of hydrogen-bond donors (Lipinski definition) is 1. The molecule has 0 saturated carbocycles. The minimum absolute atomic E-state index is 0.117. The number of nitrogens with one attached hydrogen (secondary N) is 1. The maximum atomic E-state index is 13.9. The van der Waals surface area contributed by atoms with Gasteiger partial charge in [0.15, 0.2) is 0 Å². The van der Waals surface area contributed by atoms with Gasteiger partial charge < -0.3 is 24.4 Å². The van der Waals surface area contributed by atoms with Crippen molar-refractivity contribution in [2.45, 2.75) is 25.2 Å². The number of nitrogens with zero attached hydrogens (tertiary/aromatic N) is 1. The highest BCUT2D eigenvalue weighted by molar-refractivity contribution is 5.90. The molecule has 0 spiro atoms. The summed E-state index contributed by atoms with van der Waals surface area (Å²) >= 11 is 0. The van der Waals surface area contributed by atoms with Crippen molar-refractivity contribution < 1.29 is 28.2 Å². The van der Waals surface area contributed by atoms with Gasteiger partial charge in [-0.15, -0.1) is 0 Å². The van der Waals surface area contributed by atoms with Crippen LogP contribution in [-0.4, -0.2) is 51.5 Å². The summed E-state index contributed by atoms with van der Waals surface area (Å²) in [6.07, 6.45) is -0.201. The Balaban J connectivity index is 1.59. The summed E-state index contributed by atoms with van der Waals surface area (Å²) < 4.78 is 29.4. The van der Waals surface area contributed by atoms with Crippen LogP contribution in [0.2, 0.25) is 0 Å². The zero-order valence-corrected chi connectivity index (χ0v) is 17.0. The molecule has 2 aromatic carbocycles. The van der Waals surface area contributed by atoms with Gasteiger partial charge in [0.05, 0.1) is 24.8 Å². The fourth-order valence-electron chi connectivity index (χ4n) is 3.45. The van der Waals surface area contributed by atoms with Crippen LogP contribution in [0.25, 0.3) is 0 Å². The average Bonchev–Trinajstić information content (AvgIpc) is 2.78. The first-order chi connectivity index (χ1) is 14.5. The molecule has 1 aliphatic heterocycles. The number of alkyl carbamates (subject to hydrolysis) is 1. The highest BCUT2D eigenvalue weighted by Gasteiger charge is 2.31. The average molecular weight is 416 g/mol. The van der Waals surface area contributed by atoms with Crippen LogP contribution in [-0.2, 0) is 20.8 Å². The van der Waals surface area contributed by atoms with Crippen molar-refractivity contribution >= 4 is 17.7 Å². The monoisotopic (exact) mass is 416 g/mol. The first-order valence-corrected chi connectivity index (χ1v) is 9.64. The third kappa shape index (κ3) is 5.27. The summed E-state index contributed by atoms with van der Waals surface area (Å²) in [5, 5.41) is 2.86. The lowest BCUT2D eigenvalue weighted by Crippen LogP contribution is -2.55. The number of carbonyl (C=O) groups excluding carboxylic acids is 2. The maximum Gasteiger partial charge on any atom is 0.407 e. The Morgan fingerprint density at radius 1 is 1.17 bits per heavy atom. The molecule has 0 radical (unpaired) electrons. The number of rotatable bonds is 6. The molecule has 1 heterocycles. The summed E-state index contributed by atoms with van der Waals surface area (Å²) in [6, 6.07) is 13.5. The van der Waals surface area contributed by atoms with Crippen molar-refractivity contribution in [3.8, 4) is 0 Å². The smallest absolute Gasteiger partial charge is 0.407 e. The molecular weight excluding hydrogens is 391 g/mol. The second-order valence-electron chi connectivity index (χ2n) is 6.98. The van der Waals surface area contributed by atoms with Gasteiger partial charge in [0, 0.05) is 25.9 Å². The van der Waals surface area contributed by atoms with E-state index < -0.39 is 17.9 Å². The molecule has 0 aromatic heterocycles. The van der Waals surface area contributed by atoms with Crippen LogP contribution in [0.15, 0.2) is 48.5 Å². The second kappa shape index (κ2) is 10.1. The van der Waals surface area contributed by atoms with Gasteiger partial charge in [-0.1, -0.05) is 30.3 Å². The van der Waals surface area contributed by atoms with E-state index in [1.165, 1.54) is 19.2 Å². The molecule has 0 aliphatic carbocycles. The van der Waals surface area contributed by atoms with E-state index in [0.717, 1.165) is 5.56 Å². The molecule has 3 rings (SSSR count). The van der Waals surface area contributed by atoms with E-state index in [1.807, 2.05) is 35.2 Å². The van der Waals surface area contributed by atoms with Crippen LogP contribution in [0.4, 0.5) is 14.9 Å². The number of hydrogen-bond acceptors (Lipinski definition) is 6. The SMILES string of the molecule is COC(=O)c1cc(N2CC[C@@H](NC(=O)OCc3ccccc3)[C@@H](OC)C2)ccc1F. The maximum absolute atomic E-state index is 13.9. The number of ether oxygens (including phenoxy) is 3. The molecule has 2 aromatic rings. The summed E-state index contributed by atoms with van der Waals surface area (Å²) in [5.41, 5.74) is 1.47. The van der Waals surface area contributed by atoms with Crippen molar-refractivity contribution in [3.05, 3.63) is 65.5 Å². The normalized spacial score (nSPS) is 18.6. The van der Waals surface area contributed by atoms with Crippen LogP contribution in [0.1, 0.15) is 22.3 Å². The molecule has 1 saturated heterocycles. The van der Waals surface area contributed by atoms with Crippen LogP contribution in [0.3, 0.4) is 0 Å². The largest absolute Gasteiger partial charge is 0.465 e. The van der Waals surface area contributed by atoms with Gasteiger partial charge in [0.1, 0.15) is 12.4 Å². The number of piperidine rings is 1. The Labute approximate surface area is 174 Å². The van der Waals surface area contributed by atoms with Gasteiger partial charge in [0.25, 0.3) is 0 Å². The van der Waals surface area contributed by atoms with Crippen LogP contribution >= 0.6 is 0 Å². The molecule has 1 aliphatic rings. The van der Waals surface area contributed by atoms with Gasteiger partial charge in [-0.2, -0.15) is 0 Å². The minimum Gasteiger partial charge on any atom is -0.465 e. The summed E-state index contributed by atoms with van der Waals surface area (Å²) in [5.74, 6) is -1.36. The number of esters is 1. The summed E-state index contributed by atoms with van der Waals surface area (Å²) in [7, 11) is 2.78. The summed E-state index contributed by atoms with van der Waals surface area (Å²) in [4.78, 5) is 25.9. The van der Waals surface area contributed by atoms with Crippen molar-refractivity contribution in [3.63, 3.8) is 0 Å². The number of amides is 1. The van der Waals surface area contributed by atoms with Crippen LogP contribution < -0.4 is 10.2 Å². The molecule has 160 valence electrons. The number of anilines is 1. The molecule has 1 amide bonds. The molecule has 0 bridgehead atoms. The predicted octanol–water partition coefficient (Wildman–Crippen LogP) is 3.13. The molecule has 8 heteroatoms. The first kappa shape index (κ1) is 21.6. The standard InChI is InChI=1S/C22H25FN2O5/c1-28-20-13-25(16-8-9-18(23)17(12-16)21(26)29-2)11-10-19(20)24-22(27)30-14-15-6-4-3-5-7-15/h3-9,12,19-20H,10-11,13-14H2,1-2H3,(H,24,27)/t19-,20+/m1/s1. The molecule has 2 atom stereocenters. The Hall–Kier alpha value is -3.13. The number of benzene rings is 2. The van der Waals surface area contributed by atoms with Crippen molar-refractivity contribution in [1.29, 1.82) is 0 Å². The van der Waals surface area contributed by atoms with Gasteiger partial charge in [-0.25, -0.2) is 14.0 Å². The fraction of sp³-hybridized carbons (Fsp3) is 0.364. The van der Waals surface area contributed by atoms with E-state index in [1.54, 1.807) is 13.2 Å². The lowest BCUT2D eigenvalue weighted by atomic mass is 10.0. The lowest BCUT2D eigenvalue weighted by molar-refractivity contribution is 0.0545. The van der Waals surface area contributed by atoms with Gasteiger partial charge in [0.2, 0.25) is 0 Å². The van der Waals surface area contributed by atoms with Gasteiger partial charge in [-0.3, -0.25) is 0 Å². The van der Waals surface area contributed by atoms with E-state index in [2.05, 4.69) is 10.1 Å². The number of carbonyl (C=O) groups is 2. The van der Waals surface area contributed by atoms with Gasteiger partial charge >= 0.3 is 12.1 Å². The number of methoxy groups -OCH3 is 2. The topological polar surface area (TPSA) is 77.1 Å². The lowest BCUT2D eigenvalue weighted by Gasteiger charge is -2.39. The van der Waals surface area contributed by atoms with Crippen molar-refractivity contribution in [1.82, 2.24) is 5.32 Å². The van der Waals surface area contributed by atoms with Crippen LogP contribution in [0, 0.1) is 5.82 Å². The zero-order valence-electron chi connectivity index (χ0n) is 17.0. The fourth-order valence-corrected chi connectivity index (χ4v) is 3.45. The Kier molecular flexibility index (Phi) is 7.24. The third-order valence-corrected chi connectivity index (χ3v) is 5.10. The van der Waals surface area contributed by atoms with E-state index in [4.69, 9.17) is 9.47 Å². The predicted molar refractivity (Wildman–Crippen MR) is 109 cm³/mol. The molecule has 30 heavy (non-hydrogen) atoms. The molecule has 1 fully saturated rings. The molecular formula is C22H25FN2O5. The van der Waals surface area contributed by atoms with E-state index in [0.29, 0.717) is 25.2 Å². The van der Waals surface area contributed by atoms with E-state index in [9.17, 15) is 14.0 Å². The second-order valence-corrected chi connectivity index (χ2v) is 6.98.